The minimum atomic E-state index is -0.186. The zero-order valence-electron chi connectivity index (χ0n) is 36.9. The molecule has 0 fully saturated rings. The Balaban J connectivity index is 1.00. The predicted octanol–water partition coefficient (Wildman–Crippen LogP) is 18.2. The van der Waals surface area contributed by atoms with Crippen molar-refractivity contribution in [3.8, 4) is 44.5 Å². The van der Waals surface area contributed by atoms with Crippen molar-refractivity contribution >= 4 is 82.9 Å². The van der Waals surface area contributed by atoms with Crippen LogP contribution in [-0.2, 0) is 5.41 Å². The molecular formula is C63H41NO3. The lowest BCUT2D eigenvalue weighted by Gasteiger charge is -2.28. The van der Waals surface area contributed by atoms with E-state index < -0.39 is 0 Å². The maximum Gasteiger partial charge on any atom is 0.144 e. The van der Waals surface area contributed by atoms with E-state index in [9.17, 15) is 0 Å². The fourth-order valence-electron chi connectivity index (χ4n) is 11.1. The average Bonchev–Trinajstić information content (AvgIpc) is 4.12. The molecule has 1 aliphatic rings. The number of anilines is 3. The largest absolute Gasteiger partial charge is 0.456 e. The Morgan fingerprint density at radius 2 is 0.940 bits per heavy atom. The maximum atomic E-state index is 7.16. The molecule has 3 heterocycles. The van der Waals surface area contributed by atoms with Crippen LogP contribution in [0.2, 0.25) is 0 Å². The molecule has 0 amide bonds. The molecule has 0 radical (unpaired) electrons. The van der Waals surface area contributed by atoms with Gasteiger partial charge in [-0.15, -0.1) is 0 Å². The van der Waals surface area contributed by atoms with Crippen LogP contribution in [0, 0.1) is 0 Å². The van der Waals surface area contributed by atoms with Crippen LogP contribution < -0.4 is 4.90 Å². The van der Waals surface area contributed by atoms with Gasteiger partial charge in [0.05, 0.1) is 11.1 Å². The van der Waals surface area contributed by atoms with E-state index in [4.69, 9.17) is 13.3 Å². The van der Waals surface area contributed by atoms with Gasteiger partial charge in [-0.3, -0.25) is 0 Å². The maximum absolute atomic E-state index is 7.16. The van der Waals surface area contributed by atoms with Gasteiger partial charge in [-0.2, -0.15) is 0 Å². The molecule has 1 aliphatic carbocycles. The number of furan rings is 3. The number of rotatable bonds is 6. The summed E-state index contributed by atoms with van der Waals surface area (Å²) in [7, 11) is 0. The lowest BCUT2D eigenvalue weighted by molar-refractivity contribution is 0.660. The molecule has 0 saturated heterocycles. The normalized spacial score (nSPS) is 13.0. The van der Waals surface area contributed by atoms with Gasteiger partial charge in [0.15, 0.2) is 0 Å². The van der Waals surface area contributed by atoms with E-state index in [1.165, 1.54) is 27.8 Å². The minimum Gasteiger partial charge on any atom is -0.456 e. The second-order valence-corrected chi connectivity index (χ2v) is 18.4. The van der Waals surface area contributed by atoms with Crippen LogP contribution >= 0.6 is 0 Å². The van der Waals surface area contributed by atoms with Crippen LogP contribution in [0.3, 0.4) is 0 Å². The van der Waals surface area contributed by atoms with Crippen LogP contribution in [0.4, 0.5) is 17.1 Å². The Bertz CT molecular complexity index is 4110. The Labute approximate surface area is 386 Å². The standard InChI is InChI=1S/C63H41NO3/c1-63(2)51-21-9-6-16-45(51)46-35-34-43(36-52(46)63)64(42-32-30-40(31-33-42)44-19-12-20-48-47-17-7-10-23-54(47)66-61(44)48)53-22-13-25-56-59(53)50-37-57-60(49-18-8-11-24-55(49)65-57)58(62(50)67-56)41-28-26-39(27-29-41)38-14-4-3-5-15-38/h3-37H,1-2H3. The molecule has 13 aromatic rings. The van der Waals surface area contributed by atoms with Crippen LogP contribution in [0.5, 0.6) is 0 Å². The lowest BCUT2D eigenvalue weighted by atomic mass is 9.82. The number of benzene rings is 10. The first-order valence-electron chi connectivity index (χ1n) is 23.0. The molecule has 14 rings (SSSR count). The zero-order valence-corrected chi connectivity index (χ0v) is 36.9. The van der Waals surface area contributed by atoms with E-state index in [-0.39, 0.29) is 5.41 Å². The molecule has 0 spiro atoms. The van der Waals surface area contributed by atoms with Gasteiger partial charge >= 0.3 is 0 Å². The van der Waals surface area contributed by atoms with E-state index in [1.807, 2.05) is 18.2 Å². The summed E-state index contributed by atoms with van der Waals surface area (Å²) in [4.78, 5) is 2.40. The highest BCUT2D eigenvalue weighted by Gasteiger charge is 2.36. The fraction of sp³-hybridized carbons (Fsp3) is 0.0476. The summed E-state index contributed by atoms with van der Waals surface area (Å²) in [6.07, 6.45) is 0. The number of fused-ring (bicyclic) bond motifs is 12. The molecule has 316 valence electrons. The predicted molar refractivity (Wildman–Crippen MR) is 277 cm³/mol. The number of hydrogen-bond acceptors (Lipinski definition) is 4. The van der Waals surface area contributed by atoms with E-state index in [0.717, 1.165) is 111 Å². The molecule has 0 atom stereocenters. The van der Waals surface area contributed by atoms with Gasteiger partial charge in [0.1, 0.15) is 33.5 Å². The molecule has 4 nitrogen and oxygen atoms in total. The van der Waals surface area contributed by atoms with E-state index in [2.05, 4.69) is 213 Å². The van der Waals surface area contributed by atoms with E-state index in [1.54, 1.807) is 0 Å². The monoisotopic (exact) mass is 859 g/mol. The number of nitrogens with zero attached hydrogens (tertiary/aromatic N) is 1. The summed E-state index contributed by atoms with van der Waals surface area (Å²) in [5, 5.41) is 6.35. The highest BCUT2D eigenvalue weighted by Crippen LogP contribution is 2.53. The van der Waals surface area contributed by atoms with Crippen molar-refractivity contribution < 1.29 is 13.3 Å². The molecule has 0 bridgehead atoms. The van der Waals surface area contributed by atoms with Crippen LogP contribution in [-0.4, -0.2) is 0 Å². The molecule has 10 aromatic carbocycles. The third-order valence-electron chi connectivity index (χ3n) is 14.3. The van der Waals surface area contributed by atoms with Crippen LogP contribution in [0.15, 0.2) is 226 Å². The Kier molecular flexibility index (Phi) is 8.00. The van der Waals surface area contributed by atoms with E-state index >= 15 is 0 Å². The van der Waals surface area contributed by atoms with Gasteiger partial charge in [0.25, 0.3) is 0 Å². The van der Waals surface area contributed by atoms with Gasteiger partial charge in [-0.05, 0) is 99.1 Å². The summed E-state index contributed by atoms with van der Waals surface area (Å²) >= 11 is 0. The van der Waals surface area contributed by atoms with Crippen molar-refractivity contribution in [3.05, 3.63) is 223 Å². The minimum absolute atomic E-state index is 0.186. The molecular weight excluding hydrogens is 819 g/mol. The highest BCUT2D eigenvalue weighted by molar-refractivity contribution is 6.25. The second-order valence-electron chi connectivity index (χ2n) is 18.4. The average molecular weight is 860 g/mol. The van der Waals surface area contributed by atoms with Crippen molar-refractivity contribution in [1.82, 2.24) is 0 Å². The summed E-state index contributed by atoms with van der Waals surface area (Å²) in [6.45, 7) is 4.69. The van der Waals surface area contributed by atoms with Crippen molar-refractivity contribution in [3.63, 3.8) is 0 Å². The zero-order chi connectivity index (χ0) is 44.4. The number of para-hydroxylation sites is 3. The van der Waals surface area contributed by atoms with Crippen molar-refractivity contribution in [2.24, 2.45) is 0 Å². The third-order valence-corrected chi connectivity index (χ3v) is 14.3. The van der Waals surface area contributed by atoms with Gasteiger partial charge in [0.2, 0.25) is 0 Å². The Morgan fingerprint density at radius 3 is 1.78 bits per heavy atom. The summed E-state index contributed by atoms with van der Waals surface area (Å²) < 4.78 is 20.4. The third kappa shape index (κ3) is 5.60. The molecule has 0 N–H and O–H groups in total. The van der Waals surface area contributed by atoms with Crippen molar-refractivity contribution in [2.75, 3.05) is 4.90 Å². The topological polar surface area (TPSA) is 42.7 Å². The van der Waals surface area contributed by atoms with Gasteiger partial charge in [-0.25, -0.2) is 0 Å². The Hall–Kier alpha value is -8.60. The van der Waals surface area contributed by atoms with Gasteiger partial charge in [-0.1, -0.05) is 172 Å². The first-order valence-corrected chi connectivity index (χ1v) is 23.0. The fourth-order valence-corrected chi connectivity index (χ4v) is 11.1. The van der Waals surface area contributed by atoms with Gasteiger partial charge < -0.3 is 18.2 Å². The summed E-state index contributed by atoms with van der Waals surface area (Å²) in [5.41, 5.74) is 19.8. The first kappa shape index (κ1) is 37.7. The number of hydrogen-bond donors (Lipinski definition) is 0. The van der Waals surface area contributed by atoms with Crippen molar-refractivity contribution in [2.45, 2.75) is 19.3 Å². The molecule has 0 aliphatic heterocycles. The van der Waals surface area contributed by atoms with Gasteiger partial charge in [0, 0.05) is 54.8 Å². The Morgan fingerprint density at radius 1 is 0.343 bits per heavy atom. The lowest BCUT2D eigenvalue weighted by Crippen LogP contribution is -2.16. The molecule has 67 heavy (non-hydrogen) atoms. The molecule has 0 saturated carbocycles. The SMILES string of the molecule is CC1(C)c2ccccc2-c2ccc(N(c3ccc(-c4cccc5c4oc4ccccc45)cc3)c3cccc4oc5c(-c6ccc(-c7ccccc7)cc6)c6c(cc5c34)oc3ccccc36)cc21. The van der Waals surface area contributed by atoms with Crippen LogP contribution in [0.25, 0.3) is 110 Å². The summed E-state index contributed by atoms with van der Waals surface area (Å²) in [5.74, 6) is 0. The van der Waals surface area contributed by atoms with Crippen molar-refractivity contribution in [1.29, 1.82) is 0 Å². The molecule has 4 heteroatoms. The second kappa shape index (κ2) is 14.2. The quantitative estimate of drug-likeness (QED) is 0.167. The summed E-state index contributed by atoms with van der Waals surface area (Å²) in [6, 6.07) is 75.8. The molecule has 0 unspecified atom stereocenters. The van der Waals surface area contributed by atoms with Crippen LogP contribution in [0.1, 0.15) is 25.0 Å². The highest BCUT2D eigenvalue weighted by atomic mass is 16.3. The molecule has 3 aromatic heterocycles. The smallest absolute Gasteiger partial charge is 0.144 e. The first-order chi connectivity index (χ1) is 33.0. The van der Waals surface area contributed by atoms with E-state index in [0.29, 0.717) is 0 Å².